The van der Waals surface area contributed by atoms with E-state index in [9.17, 15) is 13.2 Å². The summed E-state index contributed by atoms with van der Waals surface area (Å²) in [4.78, 5) is 0. The Morgan fingerprint density at radius 3 is 1.70 bits per heavy atom. The molecule has 0 aromatic carbocycles. The molecule has 6 heteroatoms. The summed E-state index contributed by atoms with van der Waals surface area (Å²) >= 11 is 8.86. The molecule has 0 amide bonds. The highest BCUT2D eigenvalue weighted by Gasteiger charge is 2.51. The summed E-state index contributed by atoms with van der Waals surface area (Å²) in [6, 6.07) is 0. The maximum atomic E-state index is 12.3. The Morgan fingerprint density at radius 2 is 1.60 bits per heavy atom. The summed E-state index contributed by atoms with van der Waals surface area (Å²) in [7, 11) is 0. The monoisotopic (exact) mass is 196 g/mol. The normalized spacial score (nSPS) is 18.6. The summed E-state index contributed by atoms with van der Waals surface area (Å²) in [5, 5.41) is 0.549. The van der Waals surface area contributed by atoms with E-state index in [4.69, 9.17) is 5.11 Å². The van der Waals surface area contributed by atoms with Crippen molar-refractivity contribution in [1.82, 2.24) is 0 Å². The molecule has 1 N–H and O–H groups in total. The molecule has 0 radical (unpaired) electrons. The van der Waals surface area contributed by atoms with Crippen LogP contribution in [0.15, 0.2) is 0 Å². The fourth-order valence-electron chi connectivity index (χ4n) is 0.282. The van der Waals surface area contributed by atoms with Crippen LogP contribution in [0, 0.1) is 0 Å². The second kappa shape index (κ2) is 3.15. The zero-order chi connectivity index (χ0) is 8.41. The van der Waals surface area contributed by atoms with Gasteiger partial charge in [-0.1, -0.05) is 11.6 Å². The van der Waals surface area contributed by atoms with Crippen molar-refractivity contribution in [2.75, 3.05) is 6.61 Å². The minimum atomic E-state index is -4.14. The Hall–Kier alpha value is 0.330. The second-order valence-electron chi connectivity index (χ2n) is 1.68. The topological polar surface area (TPSA) is 20.2 Å². The minimum Gasteiger partial charge on any atom is -0.396 e. The average molecular weight is 197 g/mol. The zero-order valence-corrected chi connectivity index (χ0v) is 6.26. The van der Waals surface area contributed by atoms with E-state index < -0.39 is 23.5 Å². The van der Waals surface area contributed by atoms with Crippen LogP contribution in [0.25, 0.3) is 0 Å². The van der Waals surface area contributed by atoms with Crippen LogP contribution in [-0.4, -0.2) is 22.2 Å². The molecule has 0 saturated carbocycles. The van der Waals surface area contributed by atoms with Crippen molar-refractivity contribution in [3.63, 3.8) is 0 Å². The van der Waals surface area contributed by atoms with Crippen molar-refractivity contribution in [3.05, 3.63) is 0 Å². The van der Waals surface area contributed by atoms with E-state index in [2.05, 4.69) is 23.2 Å². The first-order valence-corrected chi connectivity index (χ1v) is 3.12. The first kappa shape index (κ1) is 10.3. The van der Waals surface area contributed by atoms with Crippen LogP contribution >= 0.6 is 23.2 Å². The standard InChI is InChI=1S/C4H5Cl2F3O/c5-3(7,1-2-10)4(6,8)9/h10H,1-2H2. The van der Waals surface area contributed by atoms with Gasteiger partial charge in [-0.05, 0) is 11.6 Å². The molecule has 0 aliphatic rings. The van der Waals surface area contributed by atoms with Gasteiger partial charge in [-0.25, -0.2) is 4.39 Å². The molecule has 0 heterocycles. The molecule has 10 heavy (non-hydrogen) atoms. The number of rotatable bonds is 3. The van der Waals surface area contributed by atoms with Gasteiger partial charge >= 0.3 is 5.38 Å². The highest BCUT2D eigenvalue weighted by molar-refractivity contribution is 6.32. The molecule has 1 atom stereocenters. The molecule has 0 bridgehead atoms. The fourth-order valence-corrected chi connectivity index (χ4v) is 0.461. The summed E-state index contributed by atoms with van der Waals surface area (Å²) in [5.74, 6) is 0. The Bertz CT molecular complexity index is 112. The van der Waals surface area contributed by atoms with Gasteiger partial charge in [-0.2, -0.15) is 8.78 Å². The van der Waals surface area contributed by atoms with Gasteiger partial charge < -0.3 is 5.11 Å². The number of alkyl halides is 5. The maximum Gasteiger partial charge on any atom is 0.369 e. The quantitative estimate of drug-likeness (QED) is 0.686. The van der Waals surface area contributed by atoms with Crippen molar-refractivity contribution < 1.29 is 18.3 Å². The molecule has 0 spiro atoms. The summed E-state index contributed by atoms with van der Waals surface area (Å²) in [5.41, 5.74) is 0. The van der Waals surface area contributed by atoms with Gasteiger partial charge in [0.05, 0.1) is 0 Å². The predicted octanol–water partition coefficient (Wildman–Crippen LogP) is 2.10. The molecular formula is C4H5Cl2F3O. The van der Waals surface area contributed by atoms with Crippen molar-refractivity contribution in [3.8, 4) is 0 Å². The molecule has 0 aromatic rings. The van der Waals surface area contributed by atoms with Gasteiger partial charge in [0.25, 0.3) is 5.13 Å². The molecule has 0 saturated heterocycles. The van der Waals surface area contributed by atoms with Crippen LogP contribution in [0.4, 0.5) is 13.2 Å². The molecule has 0 rings (SSSR count). The third-order valence-corrected chi connectivity index (χ3v) is 1.66. The minimum absolute atomic E-state index is 0.775. The third kappa shape index (κ3) is 2.52. The summed E-state index contributed by atoms with van der Waals surface area (Å²) in [6.45, 7) is -0.775. The third-order valence-electron chi connectivity index (χ3n) is 0.841. The van der Waals surface area contributed by atoms with Crippen LogP contribution in [-0.2, 0) is 0 Å². The number of halogens is 5. The molecule has 1 unspecified atom stereocenters. The van der Waals surface area contributed by atoms with Gasteiger partial charge in [0.15, 0.2) is 0 Å². The largest absolute Gasteiger partial charge is 0.396 e. The Morgan fingerprint density at radius 1 is 1.20 bits per heavy atom. The lowest BCUT2D eigenvalue weighted by Crippen LogP contribution is -2.34. The van der Waals surface area contributed by atoms with Crippen LogP contribution in [0.5, 0.6) is 0 Å². The number of aliphatic hydroxyl groups excluding tert-OH is 1. The zero-order valence-electron chi connectivity index (χ0n) is 4.75. The van der Waals surface area contributed by atoms with Crippen molar-refractivity contribution in [2.45, 2.75) is 16.9 Å². The lowest BCUT2D eigenvalue weighted by atomic mass is 10.3. The van der Waals surface area contributed by atoms with E-state index in [1.807, 2.05) is 0 Å². The molecule has 62 valence electrons. The predicted molar refractivity (Wildman–Crippen MR) is 32.2 cm³/mol. The van der Waals surface area contributed by atoms with E-state index in [0.717, 1.165) is 0 Å². The van der Waals surface area contributed by atoms with E-state index in [1.54, 1.807) is 0 Å². The van der Waals surface area contributed by atoms with Crippen molar-refractivity contribution >= 4 is 23.2 Å². The molecule has 0 aliphatic carbocycles. The van der Waals surface area contributed by atoms with E-state index in [0.29, 0.717) is 0 Å². The Balaban J connectivity index is 4.10. The number of hydrogen-bond donors (Lipinski definition) is 1. The van der Waals surface area contributed by atoms with Crippen LogP contribution in [0.1, 0.15) is 6.42 Å². The molecule has 0 aliphatic heterocycles. The Kier molecular flexibility index (Phi) is 3.26. The van der Waals surface area contributed by atoms with Gasteiger partial charge in [0, 0.05) is 13.0 Å². The van der Waals surface area contributed by atoms with Gasteiger partial charge in [0.2, 0.25) is 0 Å². The van der Waals surface area contributed by atoms with E-state index in [-0.39, 0.29) is 0 Å². The fraction of sp³-hybridized carbons (Fsp3) is 1.00. The van der Waals surface area contributed by atoms with Gasteiger partial charge in [-0.15, -0.1) is 0 Å². The number of hydrogen-bond acceptors (Lipinski definition) is 1. The van der Waals surface area contributed by atoms with Crippen LogP contribution in [0.2, 0.25) is 0 Å². The first-order valence-electron chi connectivity index (χ1n) is 2.36. The maximum absolute atomic E-state index is 12.3. The SMILES string of the molecule is OCCC(F)(Cl)C(F)(F)Cl. The Labute approximate surface area is 65.7 Å². The van der Waals surface area contributed by atoms with Crippen molar-refractivity contribution in [2.24, 2.45) is 0 Å². The molecule has 0 fully saturated rings. The average Bonchev–Trinajstić information content (AvgIpc) is 1.61. The highest BCUT2D eigenvalue weighted by Crippen LogP contribution is 2.41. The van der Waals surface area contributed by atoms with Gasteiger partial charge in [-0.3, -0.25) is 0 Å². The van der Waals surface area contributed by atoms with Crippen molar-refractivity contribution in [1.29, 1.82) is 0 Å². The lowest BCUT2D eigenvalue weighted by Gasteiger charge is -2.20. The smallest absolute Gasteiger partial charge is 0.369 e. The van der Waals surface area contributed by atoms with E-state index >= 15 is 0 Å². The second-order valence-corrected chi connectivity index (χ2v) is 2.75. The first-order chi connectivity index (χ1) is 4.31. The van der Waals surface area contributed by atoms with Gasteiger partial charge in [0.1, 0.15) is 0 Å². The molecule has 0 aromatic heterocycles. The highest BCUT2D eigenvalue weighted by atomic mass is 35.5. The lowest BCUT2D eigenvalue weighted by molar-refractivity contribution is -0.0307. The van der Waals surface area contributed by atoms with Crippen LogP contribution in [0.3, 0.4) is 0 Å². The molecule has 1 nitrogen and oxygen atoms in total. The molecular weight excluding hydrogens is 192 g/mol. The van der Waals surface area contributed by atoms with E-state index in [1.165, 1.54) is 0 Å². The number of aliphatic hydroxyl groups is 1. The van der Waals surface area contributed by atoms with Crippen LogP contribution < -0.4 is 0 Å². The summed E-state index contributed by atoms with van der Waals surface area (Å²) in [6.07, 6.45) is -0.898. The summed E-state index contributed by atoms with van der Waals surface area (Å²) < 4.78 is 36.0.